The zero-order valence-electron chi connectivity index (χ0n) is 11.3. The molecule has 0 saturated heterocycles. The van der Waals surface area contributed by atoms with E-state index < -0.39 is 0 Å². The molecule has 0 N–H and O–H groups in total. The van der Waals surface area contributed by atoms with Crippen LogP contribution in [0.1, 0.15) is 31.1 Å². The quantitative estimate of drug-likeness (QED) is 0.788. The zero-order chi connectivity index (χ0) is 13.4. The molecule has 1 aliphatic carbocycles. The Morgan fingerprint density at radius 1 is 1.42 bits per heavy atom. The molecule has 1 saturated carbocycles. The first-order valence-corrected chi connectivity index (χ1v) is 8.05. The van der Waals surface area contributed by atoms with E-state index in [-0.39, 0.29) is 0 Å². The number of hydrogen-bond donors (Lipinski definition) is 0. The van der Waals surface area contributed by atoms with Crippen LogP contribution in [0.2, 0.25) is 5.28 Å². The lowest BCUT2D eigenvalue weighted by Gasteiger charge is -2.32. The summed E-state index contributed by atoms with van der Waals surface area (Å²) in [4.78, 5) is 13.4. The number of aromatic nitrogens is 2. The summed E-state index contributed by atoms with van der Waals surface area (Å²) in [7, 11) is 0. The fourth-order valence-electron chi connectivity index (χ4n) is 2.60. The molecule has 2 aromatic rings. The van der Waals surface area contributed by atoms with Crippen molar-refractivity contribution in [1.82, 2.24) is 9.97 Å². The minimum absolute atomic E-state index is 0.358. The van der Waals surface area contributed by atoms with E-state index >= 15 is 0 Å². The standard InChI is InChI=1S/C14H18ClN3S/c1-3-18(8-10-5-4-6-10)12-11-7-9(2)19-13(11)17-14(15)16-12/h7,10H,3-6,8H2,1-2H3. The molecule has 1 fully saturated rings. The van der Waals surface area contributed by atoms with E-state index in [9.17, 15) is 0 Å². The third kappa shape index (κ3) is 2.56. The molecular weight excluding hydrogens is 278 g/mol. The lowest BCUT2D eigenvalue weighted by Crippen LogP contribution is -2.33. The maximum Gasteiger partial charge on any atom is 0.225 e. The lowest BCUT2D eigenvalue weighted by molar-refractivity contribution is 0.318. The Kier molecular flexibility index (Phi) is 3.63. The fourth-order valence-corrected chi connectivity index (χ4v) is 3.68. The molecule has 0 aliphatic heterocycles. The van der Waals surface area contributed by atoms with E-state index in [0.29, 0.717) is 5.28 Å². The summed E-state index contributed by atoms with van der Waals surface area (Å²) in [6.07, 6.45) is 4.07. The average Bonchev–Trinajstić information content (AvgIpc) is 2.67. The van der Waals surface area contributed by atoms with Crippen LogP contribution in [0.5, 0.6) is 0 Å². The smallest absolute Gasteiger partial charge is 0.225 e. The number of anilines is 1. The van der Waals surface area contributed by atoms with Crippen molar-refractivity contribution < 1.29 is 0 Å². The number of fused-ring (bicyclic) bond motifs is 1. The minimum atomic E-state index is 0.358. The number of aryl methyl sites for hydroxylation is 1. The van der Waals surface area contributed by atoms with Gasteiger partial charge in [-0.25, -0.2) is 4.98 Å². The Morgan fingerprint density at radius 3 is 2.84 bits per heavy atom. The molecule has 0 amide bonds. The Hall–Kier alpha value is -0.870. The van der Waals surface area contributed by atoms with Gasteiger partial charge in [0, 0.05) is 18.0 Å². The molecule has 0 spiro atoms. The van der Waals surface area contributed by atoms with Gasteiger partial charge in [0.1, 0.15) is 10.6 Å². The highest BCUT2D eigenvalue weighted by atomic mass is 35.5. The number of hydrogen-bond acceptors (Lipinski definition) is 4. The van der Waals surface area contributed by atoms with Crippen molar-refractivity contribution in [3.05, 3.63) is 16.2 Å². The number of halogens is 1. The Labute approximate surface area is 122 Å². The molecule has 19 heavy (non-hydrogen) atoms. The van der Waals surface area contributed by atoms with Gasteiger partial charge in [-0.15, -0.1) is 11.3 Å². The topological polar surface area (TPSA) is 29.0 Å². The second-order valence-corrected chi connectivity index (χ2v) is 6.80. The summed E-state index contributed by atoms with van der Waals surface area (Å²) in [6.45, 7) is 6.34. The molecule has 0 radical (unpaired) electrons. The second kappa shape index (κ2) is 5.25. The molecule has 0 unspecified atom stereocenters. The van der Waals surface area contributed by atoms with Crippen molar-refractivity contribution in [3.63, 3.8) is 0 Å². The molecule has 0 aromatic carbocycles. The molecule has 1 aliphatic rings. The van der Waals surface area contributed by atoms with E-state index in [2.05, 4.69) is 34.8 Å². The lowest BCUT2D eigenvalue weighted by atomic mass is 9.85. The third-order valence-electron chi connectivity index (χ3n) is 3.85. The van der Waals surface area contributed by atoms with Crippen LogP contribution in [0.3, 0.4) is 0 Å². The summed E-state index contributed by atoms with van der Waals surface area (Å²) < 4.78 is 0. The Morgan fingerprint density at radius 2 is 2.21 bits per heavy atom. The third-order valence-corrected chi connectivity index (χ3v) is 4.97. The minimum Gasteiger partial charge on any atom is -0.356 e. The molecule has 3 nitrogen and oxygen atoms in total. The van der Waals surface area contributed by atoms with Crippen molar-refractivity contribution in [1.29, 1.82) is 0 Å². The molecule has 102 valence electrons. The first-order valence-electron chi connectivity index (χ1n) is 6.86. The summed E-state index contributed by atoms with van der Waals surface area (Å²) >= 11 is 7.76. The molecule has 2 heterocycles. The highest BCUT2D eigenvalue weighted by Crippen LogP contribution is 2.34. The molecule has 2 aromatic heterocycles. The normalized spacial score (nSPS) is 15.7. The molecular formula is C14H18ClN3S. The van der Waals surface area contributed by atoms with E-state index in [0.717, 1.165) is 35.0 Å². The van der Waals surface area contributed by atoms with E-state index in [1.54, 1.807) is 11.3 Å². The van der Waals surface area contributed by atoms with Crippen LogP contribution in [0.4, 0.5) is 5.82 Å². The monoisotopic (exact) mass is 295 g/mol. The van der Waals surface area contributed by atoms with Crippen LogP contribution in [0.25, 0.3) is 10.2 Å². The van der Waals surface area contributed by atoms with Gasteiger partial charge < -0.3 is 4.90 Å². The van der Waals surface area contributed by atoms with Gasteiger partial charge in [-0.05, 0) is 50.3 Å². The van der Waals surface area contributed by atoms with Gasteiger partial charge in [0.05, 0.1) is 5.39 Å². The van der Waals surface area contributed by atoms with Gasteiger partial charge in [0.15, 0.2) is 0 Å². The Bertz CT molecular complexity index is 592. The van der Waals surface area contributed by atoms with Crippen molar-refractivity contribution in [2.24, 2.45) is 5.92 Å². The molecule has 3 rings (SSSR count). The van der Waals surface area contributed by atoms with Gasteiger partial charge in [0.25, 0.3) is 0 Å². The number of thiophene rings is 1. The highest BCUT2D eigenvalue weighted by molar-refractivity contribution is 7.18. The van der Waals surface area contributed by atoms with Gasteiger partial charge in [-0.3, -0.25) is 0 Å². The predicted molar refractivity (Wildman–Crippen MR) is 82.4 cm³/mol. The SMILES string of the molecule is CCN(CC1CCC1)c1nc(Cl)nc2sc(C)cc12. The first kappa shape index (κ1) is 13.1. The number of nitrogens with zero attached hydrogens (tertiary/aromatic N) is 3. The van der Waals surface area contributed by atoms with Crippen LogP contribution < -0.4 is 4.90 Å². The van der Waals surface area contributed by atoms with Crippen molar-refractivity contribution in [2.75, 3.05) is 18.0 Å². The van der Waals surface area contributed by atoms with Gasteiger partial charge in [-0.2, -0.15) is 4.98 Å². The van der Waals surface area contributed by atoms with Crippen LogP contribution in [0.15, 0.2) is 6.07 Å². The molecule has 5 heteroatoms. The van der Waals surface area contributed by atoms with Crippen molar-refractivity contribution in [3.8, 4) is 0 Å². The fraction of sp³-hybridized carbons (Fsp3) is 0.571. The van der Waals surface area contributed by atoms with E-state index in [1.807, 2.05) is 0 Å². The predicted octanol–water partition coefficient (Wildman–Crippen LogP) is 4.28. The summed E-state index contributed by atoms with van der Waals surface area (Å²) in [5.41, 5.74) is 0. The van der Waals surface area contributed by atoms with Gasteiger partial charge in [-0.1, -0.05) is 6.42 Å². The molecule has 0 atom stereocenters. The molecule has 0 bridgehead atoms. The first-order chi connectivity index (χ1) is 9.17. The average molecular weight is 296 g/mol. The van der Waals surface area contributed by atoms with Crippen molar-refractivity contribution in [2.45, 2.75) is 33.1 Å². The summed E-state index contributed by atoms with van der Waals surface area (Å²) in [6, 6.07) is 2.18. The van der Waals surface area contributed by atoms with E-state index in [4.69, 9.17) is 11.6 Å². The van der Waals surface area contributed by atoms with Gasteiger partial charge >= 0.3 is 0 Å². The summed E-state index contributed by atoms with van der Waals surface area (Å²) in [5, 5.41) is 1.50. The Balaban J connectivity index is 2.00. The second-order valence-electron chi connectivity index (χ2n) is 5.23. The zero-order valence-corrected chi connectivity index (χ0v) is 12.9. The summed E-state index contributed by atoms with van der Waals surface area (Å²) in [5.74, 6) is 1.83. The van der Waals surface area contributed by atoms with Crippen molar-refractivity contribution >= 4 is 39.0 Å². The number of rotatable bonds is 4. The van der Waals surface area contributed by atoms with Crippen LogP contribution in [-0.4, -0.2) is 23.1 Å². The van der Waals surface area contributed by atoms with Crippen LogP contribution >= 0.6 is 22.9 Å². The van der Waals surface area contributed by atoms with E-state index in [1.165, 1.54) is 24.1 Å². The maximum absolute atomic E-state index is 6.08. The van der Waals surface area contributed by atoms with Crippen LogP contribution in [0, 0.1) is 12.8 Å². The highest BCUT2D eigenvalue weighted by Gasteiger charge is 2.22. The van der Waals surface area contributed by atoms with Crippen LogP contribution in [-0.2, 0) is 0 Å². The van der Waals surface area contributed by atoms with Gasteiger partial charge in [0.2, 0.25) is 5.28 Å². The maximum atomic E-state index is 6.08. The largest absolute Gasteiger partial charge is 0.356 e.